The van der Waals surface area contributed by atoms with E-state index in [0.29, 0.717) is 30.3 Å². The van der Waals surface area contributed by atoms with Crippen LogP contribution >= 0.6 is 12.2 Å². The number of hydrogen-bond donors (Lipinski definition) is 2. The van der Waals surface area contributed by atoms with Crippen molar-refractivity contribution in [3.05, 3.63) is 35.1 Å². The van der Waals surface area contributed by atoms with Crippen LogP contribution in [0, 0.1) is 5.82 Å². The molecule has 1 aromatic rings. The summed E-state index contributed by atoms with van der Waals surface area (Å²) in [5, 5.41) is 9.21. The Labute approximate surface area is 124 Å². The summed E-state index contributed by atoms with van der Waals surface area (Å²) in [6, 6.07) is 5.18. The summed E-state index contributed by atoms with van der Waals surface area (Å²) in [4.78, 5) is 2.44. The largest absolute Gasteiger partial charge is 0.395 e. The minimum absolute atomic E-state index is 0.0904. The smallest absolute Gasteiger partial charge is 0.127 e. The minimum Gasteiger partial charge on any atom is -0.395 e. The molecule has 1 fully saturated rings. The summed E-state index contributed by atoms with van der Waals surface area (Å²) < 4.78 is 13.9. The molecule has 2 rings (SSSR count). The van der Waals surface area contributed by atoms with Crippen molar-refractivity contribution in [3.63, 3.8) is 0 Å². The second kappa shape index (κ2) is 7.11. The SMILES string of the molecule is NC(=S)c1ccc(F)c(CN(CCO)C2CCCC2)c1. The van der Waals surface area contributed by atoms with Crippen LogP contribution in [-0.2, 0) is 6.54 Å². The van der Waals surface area contributed by atoms with E-state index in [1.165, 1.54) is 18.9 Å². The summed E-state index contributed by atoms with van der Waals surface area (Å²) >= 11 is 4.94. The van der Waals surface area contributed by atoms with Crippen LogP contribution in [0.5, 0.6) is 0 Å². The van der Waals surface area contributed by atoms with Gasteiger partial charge in [-0.15, -0.1) is 0 Å². The molecule has 0 bridgehead atoms. The number of benzene rings is 1. The number of nitrogens with zero attached hydrogens (tertiary/aromatic N) is 1. The summed E-state index contributed by atoms with van der Waals surface area (Å²) in [6.45, 7) is 1.15. The first-order valence-electron chi connectivity index (χ1n) is 7.05. The first kappa shape index (κ1) is 15.4. The predicted octanol–water partition coefficient (Wildman–Crippen LogP) is 2.20. The predicted molar refractivity (Wildman–Crippen MR) is 82.0 cm³/mol. The minimum atomic E-state index is -0.245. The topological polar surface area (TPSA) is 49.5 Å². The molecule has 5 heteroatoms. The van der Waals surface area contributed by atoms with Gasteiger partial charge < -0.3 is 10.8 Å². The first-order valence-corrected chi connectivity index (χ1v) is 7.45. The number of aliphatic hydroxyl groups excluding tert-OH is 1. The first-order chi connectivity index (χ1) is 9.61. The highest BCUT2D eigenvalue weighted by Crippen LogP contribution is 2.25. The van der Waals surface area contributed by atoms with Gasteiger partial charge in [-0.25, -0.2) is 4.39 Å². The lowest BCUT2D eigenvalue weighted by atomic mass is 10.1. The Kier molecular flexibility index (Phi) is 5.46. The van der Waals surface area contributed by atoms with Crippen molar-refractivity contribution in [2.45, 2.75) is 38.3 Å². The molecule has 110 valence electrons. The van der Waals surface area contributed by atoms with Gasteiger partial charge in [-0.2, -0.15) is 0 Å². The van der Waals surface area contributed by atoms with Gasteiger partial charge >= 0.3 is 0 Å². The van der Waals surface area contributed by atoms with E-state index in [1.54, 1.807) is 12.1 Å². The third-order valence-electron chi connectivity index (χ3n) is 3.93. The molecule has 0 spiro atoms. The molecule has 0 radical (unpaired) electrons. The monoisotopic (exact) mass is 296 g/mol. The van der Waals surface area contributed by atoms with Gasteiger partial charge in [0, 0.05) is 30.3 Å². The van der Waals surface area contributed by atoms with Gasteiger partial charge in [0.05, 0.1) is 6.61 Å². The fourth-order valence-electron chi connectivity index (χ4n) is 2.86. The highest BCUT2D eigenvalue weighted by Gasteiger charge is 2.23. The van der Waals surface area contributed by atoms with Crippen LogP contribution < -0.4 is 5.73 Å². The molecule has 1 aromatic carbocycles. The average molecular weight is 296 g/mol. The lowest BCUT2D eigenvalue weighted by Crippen LogP contribution is -2.35. The maximum atomic E-state index is 13.9. The van der Waals surface area contributed by atoms with Gasteiger partial charge in [0.15, 0.2) is 0 Å². The summed E-state index contributed by atoms with van der Waals surface area (Å²) in [7, 11) is 0. The molecule has 0 amide bonds. The van der Waals surface area contributed by atoms with Gasteiger partial charge in [-0.05, 0) is 31.0 Å². The molecule has 0 atom stereocenters. The summed E-state index contributed by atoms with van der Waals surface area (Å²) in [6.07, 6.45) is 4.66. The van der Waals surface area contributed by atoms with Crippen molar-refractivity contribution in [1.29, 1.82) is 0 Å². The van der Waals surface area contributed by atoms with Crippen molar-refractivity contribution < 1.29 is 9.50 Å². The molecule has 0 unspecified atom stereocenters. The number of aliphatic hydroxyl groups is 1. The van der Waals surface area contributed by atoms with E-state index in [2.05, 4.69) is 4.90 Å². The second-order valence-electron chi connectivity index (χ2n) is 5.30. The van der Waals surface area contributed by atoms with E-state index < -0.39 is 0 Å². The van der Waals surface area contributed by atoms with E-state index in [9.17, 15) is 9.50 Å². The van der Waals surface area contributed by atoms with E-state index in [1.807, 2.05) is 0 Å². The normalized spacial score (nSPS) is 15.9. The van der Waals surface area contributed by atoms with Gasteiger partial charge in [0.2, 0.25) is 0 Å². The molecule has 3 nitrogen and oxygen atoms in total. The van der Waals surface area contributed by atoms with E-state index >= 15 is 0 Å². The Morgan fingerprint density at radius 2 is 2.10 bits per heavy atom. The number of hydrogen-bond acceptors (Lipinski definition) is 3. The zero-order valence-corrected chi connectivity index (χ0v) is 12.3. The number of rotatable bonds is 6. The zero-order chi connectivity index (χ0) is 14.5. The molecule has 0 aliphatic heterocycles. The zero-order valence-electron chi connectivity index (χ0n) is 11.5. The lowest BCUT2D eigenvalue weighted by Gasteiger charge is -2.28. The number of halogens is 1. The van der Waals surface area contributed by atoms with Crippen LogP contribution in [0.4, 0.5) is 4.39 Å². The maximum absolute atomic E-state index is 13.9. The van der Waals surface area contributed by atoms with Gasteiger partial charge in [-0.3, -0.25) is 4.90 Å². The van der Waals surface area contributed by atoms with Crippen molar-refractivity contribution in [2.75, 3.05) is 13.2 Å². The maximum Gasteiger partial charge on any atom is 0.127 e. The van der Waals surface area contributed by atoms with Crippen LogP contribution in [0.3, 0.4) is 0 Å². The van der Waals surface area contributed by atoms with E-state index in [-0.39, 0.29) is 17.4 Å². The standard InChI is InChI=1S/C15H21FN2OS/c16-14-6-5-11(15(17)20)9-12(14)10-18(7-8-19)13-3-1-2-4-13/h5-6,9,13,19H,1-4,7-8,10H2,(H2,17,20). The Morgan fingerprint density at radius 3 is 2.70 bits per heavy atom. The van der Waals surface area contributed by atoms with E-state index in [4.69, 9.17) is 18.0 Å². The molecular formula is C15H21FN2OS. The number of nitrogens with two attached hydrogens (primary N) is 1. The molecule has 0 saturated heterocycles. The fraction of sp³-hybridized carbons (Fsp3) is 0.533. The average Bonchev–Trinajstić information content (AvgIpc) is 2.94. The molecule has 1 aliphatic rings. The molecule has 0 aromatic heterocycles. The van der Waals surface area contributed by atoms with Gasteiger partial charge in [0.1, 0.15) is 10.8 Å². The quantitative estimate of drug-likeness (QED) is 0.790. The third-order valence-corrected chi connectivity index (χ3v) is 4.17. The van der Waals surface area contributed by atoms with Crippen LogP contribution in [0.1, 0.15) is 36.8 Å². The fourth-order valence-corrected chi connectivity index (χ4v) is 2.98. The summed E-state index contributed by atoms with van der Waals surface area (Å²) in [5.41, 5.74) is 6.88. The van der Waals surface area contributed by atoms with Crippen LogP contribution in [-0.4, -0.2) is 34.2 Å². The molecular weight excluding hydrogens is 275 g/mol. The second-order valence-corrected chi connectivity index (χ2v) is 5.74. The molecule has 1 aliphatic carbocycles. The van der Waals surface area contributed by atoms with Gasteiger partial charge in [-0.1, -0.05) is 25.1 Å². The summed E-state index contributed by atoms with van der Waals surface area (Å²) in [5.74, 6) is -0.245. The Hall–Kier alpha value is -1.04. The van der Waals surface area contributed by atoms with E-state index in [0.717, 1.165) is 12.8 Å². The third kappa shape index (κ3) is 3.75. The van der Waals surface area contributed by atoms with Crippen LogP contribution in [0.25, 0.3) is 0 Å². The highest BCUT2D eigenvalue weighted by atomic mass is 32.1. The Bertz CT molecular complexity index is 475. The van der Waals surface area contributed by atoms with Gasteiger partial charge in [0.25, 0.3) is 0 Å². The van der Waals surface area contributed by atoms with Crippen LogP contribution in [0.15, 0.2) is 18.2 Å². The highest BCUT2D eigenvalue weighted by molar-refractivity contribution is 7.80. The Morgan fingerprint density at radius 1 is 1.40 bits per heavy atom. The molecule has 3 N–H and O–H groups in total. The van der Waals surface area contributed by atoms with Crippen LogP contribution in [0.2, 0.25) is 0 Å². The van der Waals surface area contributed by atoms with Crippen molar-refractivity contribution in [1.82, 2.24) is 4.90 Å². The van der Waals surface area contributed by atoms with Crippen molar-refractivity contribution in [2.24, 2.45) is 5.73 Å². The molecule has 1 saturated carbocycles. The van der Waals surface area contributed by atoms with Crippen molar-refractivity contribution in [3.8, 4) is 0 Å². The molecule has 0 heterocycles. The lowest BCUT2D eigenvalue weighted by molar-refractivity contribution is 0.143. The Balaban J connectivity index is 2.16. The van der Waals surface area contributed by atoms with Crippen molar-refractivity contribution >= 4 is 17.2 Å². The number of thiocarbonyl (C=S) groups is 1. The molecule has 20 heavy (non-hydrogen) atoms.